The van der Waals surface area contributed by atoms with Gasteiger partial charge in [0, 0.05) is 24.2 Å². The van der Waals surface area contributed by atoms with Crippen LogP contribution in [0.3, 0.4) is 0 Å². The Balaban J connectivity index is 1.99. The fourth-order valence-electron chi connectivity index (χ4n) is 2.81. The summed E-state index contributed by atoms with van der Waals surface area (Å²) >= 11 is 0. The van der Waals surface area contributed by atoms with Crippen molar-refractivity contribution in [3.63, 3.8) is 0 Å². The highest BCUT2D eigenvalue weighted by Crippen LogP contribution is 2.27. The van der Waals surface area contributed by atoms with Gasteiger partial charge in [0.05, 0.1) is 6.10 Å². The van der Waals surface area contributed by atoms with Crippen molar-refractivity contribution in [1.29, 1.82) is 0 Å². The minimum Gasteiger partial charge on any atom is -0.393 e. The summed E-state index contributed by atoms with van der Waals surface area (Å²) < 4.78 is 26.6. The number of halogens is 2. The molecule has 0 aliphatic heterocycles. The minimum atomic E-state index is -0.553. The fourth-order valence-corrected chi connectivity index (χ4v) is 2.81. The Labute approximate surface area is 112 Å². The van der Waals surface area contributed by atoms with E-state index in [9.17, 15) is 13.9 Å². The molecule has 1 aliphatic carbocycles. The third-order valence-corrected chi connectivity index (χ3v) is 3.99. The van der Waals surface area contributed by atoms with Crippen LogP contribution >= 0.6 is 0 Å². The van der Waals surface area contributed by atoms with Crippen LogP contribution in [-0.4, -0.2) is 17.8 Å². The van der Waals surface area contributed by atoms with E-state index in [4.69, 9.17) is 0 Å². The van der Waals surface area contributed by atoms with E-state index in [2.05, 4.69) is 5.32 Å². The average molecular weight is 269 g/mol. The third-order valence-electron chi connectivity index (χ3n) is 3.99. The Hall–Kier alpha value is -1.00. The SMILES string of the molecule is CCC(NCC1CCCC1O)c1ccc(F)cc1F. The number of aliphatic hydroxyl groups excluding tert-OH is 1. The van der Waals surface area contributed by atoms with Gasteiger partial charge in [0.15, 0.2) is 0 Å². The number of hydrogen-bond donors (Lipinski definition) is 2. The summed E-state index contributed by atoms with van der Waals surface area (Å²) in [6.07, 6.45) is 3.40. The quantitative estimate of drug-likeness (QED) is 0.860. The largest absolute Gasteiger partial charge is 0.393 e. The normalized spacial score (nSPS) is 24.6. The van der Waals surface area contributed by atoms with E-state index in [0.717, 1.165) is 31.7 Å². The first kappa shape index (κ1) is 14.4. The van der Waals surface area contributed by atoms with Crippen molar-refractivity contribution in [1.82, 2.24) is 5.32 Å². The van der Waals surface area contributed by atoms with Crippen molar-refractivity contribution in [3.8, 4) is 0 Å². The van der Waals surface area contributed by atoms with Crippen LogP contribution in [0, 0.1) is 17.6 Å². The van der Waals surface area contributed by atoms with Crippen molar-refractivity contribution in [2.45, 2.75) is 44.8 Å². The number of aliphatic hydroxyl groups is 1. The highest BCUT2D eigenvalue weighted by molar-refractivity contribution is 5.22. The van der Waals surface area contributed by atoms with E-state index in [-0.39, 0.29) is 18.1 Å². The zero-order chi connectivity index (χ0) is 13.8. The molecule has 2 N–H and O–H groups in total. The summed E-state index contributed by atoms with van der Waals surface area (Å²) in [5.74, 6) is -0.814. The van der Waals surface area contributed by atoms with Gasteiger partial charge in [-0.05, 0) is 31.2 Å². The molecule has 0 amide bonds. The van der Waals surface area contributed by atoms with E-state index >= 15 is 0 Å². The number of benzene rings is 1. The molecular weight excluding hydrogens is 248 g/mol. The van der Waals surface area contributed by atoms with E-state index in [1.54, 1.807) is 0 Å². The zero-order valence-electron chi connectivity index (χ0n) is 11.2. The number of nitrogens with one attached hydrogen (secondary N) is 1. The molecule has 4 heteroatoms. The van der Waals surface area contributed by atoms with Crippen LogP contribution in [0.1, 0.15) is 44.2 Å². The summed E-state index contributed by atoms with van der Waals surface area (Å²) in [6, 6.07) is 3.57. The van der Waals surface area contributed by atoms with Crippen molar-refractivity contribution >= 4 is 0 Å². The highest BCUT2D eigenvalue weighted by atomic mass is 19.1. The van der Waals surface area contributed by atoms with E-state index < -0.39 is 11.6 Å². The molecular formula is C15H21F2NO. The molecule has 1 saturated carbocycles. The van der Waals surface area contributed by atoms with E-state index in [1.165, 1.54) is 12.1 Å². The van der Waals surface area contributed by atoms with Crippen LogP contribution < -0.4 is 5.32 Å². The van der Waals surface area contributed by atoms with Gasteiger partial charge in [0.1, 0.15) is 11.6 Å². The Bertz CT molecular complexity index is 425. The van der Waals surface area contributed by atoms with Gasteiger partial charge in [-0.3, -0.25) is 0 Å². The molecule has 1 aromatic carbocycles. The van der Waals surface area contributed by atoms with Crippen LogP contribution in [-0.2, 0) is 0 Å². The predicted molar refractivity (Wildman–Crippen MR) is 70.7 cm³/mol. The molecule has 0 heterocycles. The second-order valence-corrected chi connectivity index (χ2v) is 5.29. The van der Waals surface area contributed by atoms with Gasteiger partial charge in [-0.15, -0.1) is 0 Å². The molecule has 0 bridgehead atoms. The minimum absolute atomic E-state index is 0.131. The molecule has 1 aromatic rings. The van der Waals surface area contributed by atoms with Gasteiger partial charge in [-0.25, -0.2) is 8.78 Å². The summed E-state index contributed by atoms with van der Waals surface area (Å²) in [6.45, 7) is 2.64. The molecule has 2 rings (SSSR count). The first-order valence-corrected chi connectivity index (χ1v) is 6.98. The maximum Gasteiger partial charge on any atom is 0.130 e. The highest BCUT2D eigenvalue weighted by Gasteiger charge is 2.26. The van der Waals surface area contributed by atoms with Crippen LogP contribution in [0.5, 0.6) is 0 Å². The Kier molecular flexibility index (Phi) is 4.88. The monoisotopic (exact) mass is 269 g/mol. The van der Waals surface area contributed by atoms with Crippen molar-refractivity contribution in [2.75, 3.05) is 6.54 Å². The topological polar surface area (TPSA) is 32.3 Å². The lowest BCUT2D eigenvalue weighted by Crippen LogP contribution is -2.31. The van der Waals surface area contributed by atoms with E-state index in [1.807, 2.05) is 6.92 Å². The Morgan fingerprint density at radius 2 is 2.16 bits per heavy atom. The van der Waals surface area contributed by atoms with Crippen LogP contribution in [0.2, 0.25) is 0 Å². The second-order valence-electron chi connectivity index (χ2n) is 5.29. The number of hydrogen-bond acceptors (Lipinski definition) is 2. The molecule has 3 unspecified atom stereocenters. The molecule has 0 saturated heterocycles. The lowest BCUT2D eigenvalue weighted by molar-refractivity contribution is 0.129. The molecule has 19 heavy (non-hydrogen) atoms. The Morgan fingerprint density at radius 3 is 2.74 bits per heavy atom. The van der Waals surface area contributed by atoms with Crippen LogP contribution in [0.4, 0.5) is 8.78 Å². The summed E-state index contributed by atoms with van der Waals surface area (Å²) in [4.78, 5) is 0. The lowest BCUT2D eigenvalue weighted by atomic mass is 10.0. The van der Waals surface area contributed by atoms with Gasteiger partial charge in [-0.1, -0.05) is 19.4 Å². The Morgan fingerprint density at radius 1 is 1.37 bits per heavy atom. The molecule has 106 valence electrons. The standard InChI is InChI=1S/C15H21F2NO/c1-2-14(12-7-6-11(16)8-13(12)17)18-9-10-4-3-5-15(10)19/h6-8,10,14-15,18-19H,2-5,9H2,1H3. The smallest absolute Gasteiger partial charge is 0.130 e. The lowest BCUT2D eigenvalue weighted by Gasteiger charge is -2.22. The maximum atomic E-state index is 13.7. The summed E-state index contributed by atoms with van der Waals surface area (Å²) in [5, 5.41) is 13.1. The van der Waals surface area contributed by atoms with Crippen LogP contribution in [0.25, 0.3) is 0 Å². The average Bonchev–Trinajstić information content (AvgIpc) is 2.78. The zero-order valence-corrected chi connectivity index (χ0v) is 11.2. The first-order chi connectivity index (χ1) is 9.11. The van der Waals surface area contributed by atoms with Gasteiger partial charge in [-0.2, -0.15) is 0 Å². The predicted octanol–water partition coefficient (Wildman–Crippen LogP) is 3.17. The maximum absolute atomic E-state index is 13.7. The van der Waals surface area contributed by atoms with Gasteiger partial charge in [0.2, 0.25) is 0 Å². The van der Waals surface area contributed by atoms with E-state index in [0.29, 0.717) is 12.1 Å². The molecule has 3 atom stereocenters. The molecule has 1 fully saturated rings. The summed E-state index contributed by atoms with van der Waals surface area (Å²) in [7, 11) is 0. The second kappa shape index (κ2) is 6.44. The van der Waals surface area contributed by atoms with Crippen LogP contribution in [0.15, 0.2) is 18.2 Å². The fraction of sp³-hybridized carbons (Fsp3) is 0.600. The summed E-state index contributed by atoms with van der Waals surface area (Å²) in [5.41, 5.74) is 0.497. The van der Waals surface area contributed by atoms with Gasteiger partial charge < -0.3 is 10.4 Å². The number of rotatable bonds is 5. The van der Waals surface area contributed by atoms with Crippen molar-refractivity contribution in [2.24, 2.45) is 5.92 Å². The molecule has 0 aromatic heterocycles. The van der Waals surface area contributed by atoms with Gasteiger partial charge >= 0.3 is 0 Å². The van der Waals surface area contributed by atoms with Crippen molar-refractivity contribution < 1.29 is 13.9 Å². The molecule has 0 radical (unpaired) electrons. The first-order valence-electron chi connectivity index (χ1n) is 6.98. The third kappa shape index (κ3) is 3.51. The molecule has 1 aliphatic rings. The van der Waals surface area contributed by atoms with Gasteiger partial charge in [0.25, 0.3) is 0 Å². The molecule has 0 spiro atoms. The molecule has 2 nitrogen and oxygen atoms in total. The van der Waals surface area contributed by atoms with Crippen molar-refractivity contribution in [3.05, 3.63) is 35.4 Å².